The second-order valence-corrected chi connectivity index (χ2v) is 9.89. The molecule has 0 unspecified atom stereocenters. The fraction of sp³-hybridized carbons (Fsp3) is 0.458. The van der Waals surface area contributed by atoms with Gasteiger partial charge in [-0.3, -0.25) is 9.69 Å². The summed E-state index contributed by atoms with van der Waals surface area (Å²) in [6.07, 6.45) is 0.515. The van der Waals surface area contributed by atoms with Crippen molar-refractivity contribution in [2.24, 2.45) is 5.92 Å². The van der Waals surface area contributed by atoms with Crippen LogP contribution in [0.5, 0.6) is 0 Å². The van der Waals surface area contributed by atoms with Crippen molar-refractivity contribution in [3.63, 3.8) is 0 Å². The summed E-state index contributed by atoms with van der Waals surface area (Å²) in [6, 6.07) is 7.77. The van der Waals surface area contributed by atoms with Gasteiger partial charge in [0.2, 0.25) is 5.91 Å². The third kappa shape index (κ3) is 5.43. The largest absolute Gasteiger partial charge is 0.379 e. The molecule has 1 aliphatic heterocycles. The number of carbonyl (C=O) groups is 1. The average molecular weight is 454 g/mol. The normalized spacial score (nSPS) is 14.8. The maximum Gasteiger partial charge on any atom is 0.224 e. The van der Waals surface area contributed by atoms with E-state index in [0.29, 0.717) is 18.9 Å². The lowest BCUT2D eigenvalue weighted by molar-refractivity contribution is -0.116. The molecule has 0 bridgehead atoms. The summed E-state index contributed by atoms with van der Waals surface area (Å²) in [5.41, 5.74) is 2.93. The van der Waals surface area contributed by atoms with Gasteiger partial charge in [0.05, 0.1) is 25.1 Å². The Morgan fingerprint density at radius 1 is 1.12 bits per heavy atom. The lowest BCUT2D eigenvalue weighted by Crippen LogP contribution is -2.36. The predicted molar refractivity (Wildman–Crippen MR) is 131 cm³/mol. The molecule has 3 aromatic rings. The van der Waals surface area contributed by atoms with E-state index < -0.39 is 0 Å². The summed E-state index contributed by atoms with van der Waals surface area (Å²) >= 11 is 1.71. The second kappa shape index (κ2) is 9.94. The number of nitrogens with zero attached hydrogens (tertiary/aromatic N) is 3. The number of hydrogen-bond donors (Lipinski definition) is 2. The summed E-state index contributed by atoms with van der Waals surface area (Å²) in [5.74, 6) is 2.02. The molecule has 7 nitrogen and oxygen atoms in total. The molecule has 1 aliphatic rings. The van der Waals surface area contributed by atoms with Crippen molar-refractivity contribution in [3.05, 3.63) is 40.5 Å². The molecule has 8 heteroatoms. The summed E-state index contributed by atoms with van der Waals surface area (Å²) in [5, 5.41) is 7.52. The van der Waals surface area contributed by atoms with E-state index in [9.17, 15) is 4.79 Å². The standard InChI is InChI=1S/C24H31N5O2S/c1-15(2)13-21(30)25-18-5-7-19(8-6-18)26-23-22-16(3)17(4)32-24(22)28-20(27-23)14-29-9-11-31-12-10-29/h5-8,15H,9-14H2,1-4H3,(H,25,30)(H,26,27,28). The van der Waals surface area contributed by atoms with Gasteiger partial charge in [-0.2, -0.15) is 0 Å². The molecule has 32 heavy (non-hydrogen) atoms. The van der Waals surface area contributed by atoms with Gasteiger partial charge in [-0.15, -0.1) is 11.3 Å². The minimum absolute atomic E-state index is 0.0374. The number of nitrogens with one attached hydrogen (secondary N) is 2. The maximum absolute atomic E-state index is 12.0. The van der Waals surface area contributed by atoms with Gasteiger partial charge in [0.25, 0.3) is 0 Å². The first-order chi connectivity index (χ1) is 15.4. The molecule has 170 valence electrons. The lowest BCUT2D eigenvalue weighted by Gasteiger charge is -2.25. The molecular weight excluding hydrogens is 422 g/mol. The van der Waals surface area contributed by atoms with Crippen molar-refractivity contribution in [1.29, 1.82) is 0 Å². The first-order valence-electron chi connectivity index (χ1n) is 11.1. The number of morpholine rings is 1. The Morgan fingerprint density at radius 3 is 2.50 bits per heavy atom. The van der Waals surface area contributed by atoms with E-state index in [1.807, 2.05) is 38.1 Å². The molecule has 0 saturated carbocycles. The van der Waals surface area contributed by atoms with Crippen LogP contribution in [0.1, 0.15) is 36.5 Å². The zero-order valence-corrected chi connectivity index (χ0v) is 20.0. The highest BCUT2D eigenvalue weighted by Crippen LogP contribution is 2.35. The van der Waals surface area contributed by atoms with Crippen LogP contribution in [0.25, 0.3) is 10.2 Å². The fourth-order valence-corrected chi connectivity index (χ4v) is 4.82. The topological polar surface area (TPSA) is 79.4 Å². The number of thiophene rings is 1. The van der Waals surface area contributed by atoms with Gasteiger partial charge >= 0.3 is 0 Å². The molecular formula is C24H31N5O2S. The molecule has 0 aliphatic carbocycles. The molecule has 0 spiro atoms. The SMILES string of the molecule is Cc1sc2nc(CN3CCOCC3)nc(Nc3ccc(NC(=O)CC(C)C)cc3)c2c1C. The molecule has 0 atom stereocenters. The second-order valence-electron chi connectivity index (χ2n) is 8.69. The Balaban J connectivity index is 1.56. The number of amides is 1. The van der Waals surface area contributed by atoms with Crippen LogP contribution < -0.4 is 10.6 Å². The van der Waals surface area contributed by atoms with Crippen LogP contribution in [-0.2, 0) is 16.1 Å². The van der Waals surface area contributed by atoms with Crippen molar-refractivity contribution in [2.45, 2.75) is 40.7 Å². The molecule has 1 saturated heterocycles. The summed E-state index contributed by atoms with van der Waals surface area (Å²) in [7, 11) is 0. The Morgan fingerprint density at radius 2 is 1.81 bits per heavy atom. The van der Waals surface area contributed by atoms with Gasteiger partial charge in [-0.05, 0) is 49.6 Å². The van der Waals surface area contributed by atoms with Gasteiger partial charge in [-0.1, -0.05) is 13.8 Å². The van der Waals surface area contributed by atoms with Crippen LogP contribution in [-0.4, -0.2) is 47.1 Å². The van der Waals surface area contributed by atoms with Gasteiger partial charge in [-0.25, -0.2) is 9.97 Å². The van der Waals surface area contributed by atoms with E-state index in [2.05, 4.69) is 29.4 Å². The van der Waals surface area contributed by atoms with E-state index in [1.165, 1.54) is 10.4 Å². The van der Waals surface area contributed by atoms with Gasteiger partial charge in [0.15, 0.2) is 0 Å². The average Bonchev–Trinajstić information content (AvgIpc) is 3.03. The molecule has 4 rings (SSSR count). The van der Waals surface area contributed by atoms with Gasteiger partial charge < -0.3 is 15.4 Å². The number of ether oxygens (including phenoxy) is 1. The Labute approximate surface area is 193 Å². The third-order valence-corrected chi connectivity index (χ3v) is 6.67. The molecule has 1 fully saturated rings. The number of rotatable bonds is 7. The van der Waals surface area contributed by atoms with E-state index in [0.717, 1.165) is 59.5 Å². The van der Waals surface area contributed by atoms with Crippen molar-refractivity contribution in [1.82, 2.24) is 14.9 Å². The minimum atomic E-state index is 0.0374. The lowest BCUT2D eigenvalue weighted by atomic mass is 10.1. The minimum Gasteiger partial charge on any atom is -0.379 e. The van der Waals surface area contributed by atoms with E-state index in [4.69, 9.17) is 14.7 Å². The summed E-state index contributed by atoms with van der Waals surface area (Å²) < 4.78 is 5.46. The zero-order valence-electron chi connectivity index (χ0n) is 19.2. The molecule has 3 heterocycles. The van der Waals surface area contributed by atoms with Crippen LogP contribution in [0.3, 0.4) is 0 Å². The Kier molecular flexibility index (Phi) is 7.03. The summed E-state index contributed by atoms with van der Waals surface area (Å²) in [6.45, 7) is 12.3. The molecule has 2 aromatic heterocycles. The van der Waals surface area contributed by atoms with Gasteiger partial charge in [0, 0.05) is 35.8 Å². The Hall–Kier alpha value is -2.55. The van der Waals surface area contributed by atoms with Crippen molar-refractivity contribution >= 4 is 44.7 Å². The number of hydrogen-bond acceptors (Lipinski definition) is 7. The molecule has 1 aromatic carbocycles. The highest BCUT2D eigenvalue weighted by molar-refractivity contribution is 7.18. The highest BCUT2D eigenvalue weighted by atomic mass is 32.1. The van der Waals surface area contributed by atoms with Crippen LogP contribution in [0.15, 0.2) is 24.3 Å². The number of aromatic nitrogens is 2. The van der Waals surface area contributed by atoms with Crippen molar-refractivity contribution in [3.8, 4) is 0 Å². The van der Waals surface area contributed by atoms with Crippen molar-refractivity contribution < 1.29 is 9.53 Å². The van der Waals surface area contributed by atoms with Crippen molar-refractivity contribution in [2.75, 3.05) is 36.9 Å². The zero-order chi connectivity index (χ0) is 22.7. The first-order valence-corrected chi connectivity index (χ1v) is 11.9. The van der Waals surface area contributed by atoms with E-state index >= 15 is 0 Å². The highest BCUT2D eigenvalue weighted by Gasteiger charge is 2.18. The Bertz CT molecular complexity index is 1090. The number of carbonyl (C=O) groups excluding carboxylic acids is 1. The van der Waals surface area contributed by atoms with Crippen LogP contribution in [0, 0.1) is 19.8 Å². The van der Waals surface area contributed by atoms with Crippen LogP contribution in [0.4, 0.5) is 17.2 Å². The predicted octanol–water partition coefficient (Wildman–Crippen LogP) is 4.87. The fourth-order valence-electron chi connectivity index (χ4n) is 3.77. The van der Waals surface area contributed by atoms with Gasteiger partial charge in [0.1, 0.15) is 16.5 Å². The first kappa shape index (κ1) is 22.6. The number of aryl methyl sites for hydroxylation is 2. The van der Waals surface area contributed by atoms with Crippen LogP contribution in [0.2, 0.25) is 0 Å². The molecule has 0 radical (unpaired) electrons. The summed E-state index contributed by atoms with van der Waals surface area (Å²) in [4.78, 5) is 26.4. The number of benzene rings is 1. The molecule has 2 N–H and O–H groups in total. The quantitative estimate of drug-likeness (QED) is 0.531. The maximum atomic E-state index is 12.0. The number of anilines is 3. The third-order valence-electron chi connectivity index (χ3n) is 5.57. The van der Waals surface area contributed by atoms with Crippen LogP contribution >= 0.6 is 11.3 Å². The number of fused-ring (bicyclic) bond motifs is 1. The molecule has 1 amide bonds. The smallest absolute Gasteiger partial charge is 0.224 e. The monoisotopic (exact) mass is 453 g/mol. The van der Waals surface area contributed by atoms with E-state index in [-0.39, 0.29) is 5.91 Å². The van der Waals surface area contributed by atoms with E-state index in [1.54, 1.807) is 11.3 Å².